The van der Waals surface area contributed by atoms with E-state index in [0.29, 0.717) is 26.4 Å². The van der Waals surface area contributed by atoms with Crippen LogP contribution < -0.4 is 10.1 Å². The monoisotopic (exact) mass is 295 g/mol. The fraction of sp³-hybridized carbons (Fsp3) is 0.647. The van der Waals surface area contributed by atoms with Crippen molar-refractivity contribution in [3.8, 4) is 5.75 Å². The molecule has 21 heavy (non-hydrogen) atoms. The molecule has 0 saturated carbocycles. The third-order valence-corrected chi connectivity index (χ3v) is 3.08. The minimum Gasteiger partial charge on any atom is -0.493 e. The fourth-order valence-corrected chi connectivity index (χ4v) is 1.97. The Bertz CT molecular complexity index is 382. The molecule has 0 fully saturated rings. The van der Waals surface area contributed by atoms with Gasteiger partial charge >= 0.3 is 0 Å². The molecule has 0 aromatic heterocycles. The van der Waals surface area contributed by atoms with Crippen LogP contribution in [0.25, 0.3) is 0 Å². The number of hydrogen-bond donors (Lipinski definition) is 1. The molecule has 0 spiro atoms. The number of nitrogens with one attached hydrogen (secondary N) is 1. The van der Waals surface area contributed by atoms with E-state index in [-0.39, 0.29) is 0 Å². The lowest BCUT2D eigenvalue weighted by molar-refractivity contribution is 0.0644. The molecular formula is C17H29NO3. The number of methoxy groups -OCH3 is 1. The summed E-state index contributed by atoms with van der Waals surface area (Å²) >= 11 is 0. The molecule has 0 aliphatic rings. The van der Waals surface area contributed by atoms with Crippen molar-refractivity contribution in [2.45, 2.75) is 33.2 Å². The largest absolute Gasteiger partial charge is 0.493 e. The molecule has 1 aromatic rings. The molecular weight excluding hydrogens is 266 g/mol. The zero-order chi connectivity index (χ0) is 15.3. The van der Waals surface area contributed by atoms with Gasteiger partial charge in [-0.15, -0.1) is 0 Å². The van der Waals surface area contributed by atoms with Crippen LogP contribution in [0.15, 0.2) is 18.2 Å². The first-order valence-corrected chi connectivity index (χ1v) is 7.77. The Morgan fingerprint density at radius 2 is 1.95 bits per heavy atom. The highest BCUT2D eigenvalue weighted by Crippen LogP contribution is 2.20. The zero-order valence-corrected chi connectivity index (χ0v) is 13.6. The van der Waals surface area contributed by atoms with Crippen LogP contribution in [0.4, 0.5) is 0 Å². The van der Waals surface area contributed by atoms with Gasteiger partial charge in [-0.1, -0.05) is 24.6 Å². The molecule has 0 bridgehead atoms. The minimum atomic E-state index is 0.645. The molecule has 0 amide bonds. The highest BCUT2D eigenvalue weighted by molar-refractivity contribution is 5.36. The Labute approximate surface area is 128 Å². The second-order valence-corrected chi connectivity index (χ2v) is 5.10. The van der Waals surface area contributed by atoms with E-state index in [2.05, 4.69) is 37.4 Å². The van der Waals surface area contributed by atoms with Crippen molar-refractivity contribution in [2.24, 2.45) is 0 Å². The molecule has 1 N–H and O–H groups in total. The van der Waals surface area contributed by atoms with Crippen molar-refractivity contribution in [1.29, 1.82) is 0 Å². The molecule has 1 aromatic carbocycles. The Kier molecular flexibility index (Phi) is 9.87. The normalized spacial score (nSPS) is 10.8. The van der Waals surface area contributed by atoms with Gasteiger partial charge in [-0.05, 0) is 26.0 Å². The van der Waals surface area contributed by atoms with Gasteiger partial charge in [0.15, 0.2) is 0 Å². The molecule has 0 unspecified atom stereocenters. The van der Waals surface area contributed by atoms with Gasteiger partial charge in [0, 0.05) is 32.2 Å². The van der Waals surface area contributed by atoms with E-state index in [4.69, 9.17) is 14.2 Å². The van der Waals surface area contributed by atoms with Crippen LogP contribution in [0, 0.1) is 6.92 Å². The lowest BCUT2D eigenvalue weighted by atomic mass is 10.1. The topological polar surface area (TPSA) is 39.7 Å². The third kappa shape index (κ3) is 8.05. The van der Waals surface area contributed by atoms with Crippen molar-refractivity contribution in [3.05, 3.63) is 29.3 Å². The zero-order valence-electron chi connectivity index (χ0n) is 13.6. The van der Waals surface area contributed by atoms with Gasteiger partial charge in [-0.3, -0.25) is 0 Å². The van der Waals surface area contributed by atoms with Gasteiger partial charge in [0.05, 0.1) is 19.8 Å². The minimum absolute atomic E-state index is 0.645. The van der Waals surface area contributed by atoms with E-state index < -0.39 is 0 Å². The Balaban J connectivity index is 2.32. The summed E-state index contributed by atoms with van der Waals surface area (Å²) in [5.74, 6) is 0.973. The van der Waals surface area contributed by atoms with Gasteiger partial charge in [0.25, 0.3) is 0 Å². The van der Waals surface area contributed by atoms with Crippen molar-refractivity contribution in [2.75, 3.05) is 40.1 Å². The van der Waals surface area contributed by atoms with Crippen LogP contribution in [0.1, 0.15) is 30.9 Å². The third-order valence-electron chi connectivity index (χ3n) is 3.08. The average Bonchev–Trinajstić information content (AvgIpc) is 2.48. The number of benzene rings is 1. The molecule has 0 saturated heterocycles. The lowest BCUT2D eigenvalue weighted by Crippen LogP contribution is -2.15. The summed E-state index contributed by atoms with van der Waals surface area (Å²) in [6, 6.07) is 6.34. The molecule has 0 aliphatic carbocycles. The lowest BCUT2D eigenvalue weighted by Gasteiger charge is -2.13. The first-order chi connectivity index (χ1) is 10.3. The Morgan fingerprint density at radius 1 is 1.10 bits per heavy atom. The van der Waals surface area contributed by atoms with Crippen LogP contribution in [0.3, 0.4) is 0 Å². The second kappa shape index (κ2) is 11.5. The van der Waals surface area contributed by atoms with Crippen LogP contribution in [0.2, 0.25) is 0 Å². The van der Waals surface area contributed by atoms with E-state index in [1.165, 1.54) is 11.1 Å². The molecule has 0 aliphatic heterocycles. The van der Waals surface area contributed by atoms with Crippen molar-refractivity contribution in [3.63, 3.8) is 0 Å². The van der Waals surface area contributed by atoms with E-state index >= 15 is 0 Å². The molecule has 4 heteroatoms. The first kappa shape index (κ1) is 18.0. The maximum absolute atomic E-state index is 5.88. The van der Waals surface area contributed by atoms with Gasteiger partial charge in [0.2, 0.25) is 0 Å². The highest BCUT2D eigenvalue weighted by Gasteiger charge is 2.04. The van der Waals surface area contributed by atoms with Crippen LogP contribution in [0.5, 0.6) is 5.75 Å². The summed E-state index contributed by atoms with van der Waals surface area (Å²) in [5.41, 5.74) is 2.49. The predicted octanol–water partition coefficient (Wildman–Crippen LogP) is 2.93. The highest BCUT2D eigenvalue weighted by atomic mass is 16.5. The average molecular weight is 295 g/mol. The van der Waals surface area contributed by atoms with Gasteiger partial charge < -0.3 is 19.5 Å². The van der Waals surface area contributed by atoms with Crippen LogP contribution in [-0.2, 0) is 16.0 Å². The smallest absolute Gasteiger partial charge is 0.123 e. The molecule has 1 rings (SSSR count). The fourth-order valence-electron chi connectivity index (χ4n) is 1.97. The summed E-state index contributed by atoms with van der Waals surface area (Å²) in [7, 11) is 1.68. The van der Waals surface area contributed by atoms with Crippen molar-refractivity contribution < 1.29 is 14.2 Å². The van der Waals surface area contributed by atoms with Crippen molar-refractivity contribution >= 4 is 0 Å². The van der Waals surface area contributed by atoms with Crippen LogP contribution in [-0.4, -0.2) is 40.1 Å². The summed E-state index contributed by atoms with van der Waals surface area (Å²) in [5, 5.41) is 3.43. The number of ether oxygens (including phenoxy) is 3. The maximum Gasteiger partial charge on any atom is 0.123 e. The van der Waals surface area contributed by atoms with Gasteiger partial charge in [0.1, 0.15) is 5.75 Å². The SMILES string of the molecule is CCCNCc1cc(C)ccc1OCCCOCCOC. The summed E-state index contributed by atoms with van der Waals surface area (Å²) < 4.78 is 16.2. The maximum atomic E-state index is 5.88. The second-order valence-electron chi connectivity index (χ2n) is 5.10. The van der Waals surface area contributed by atoms with Gasteiger partial charge in [-0.2, -0.15) is 0 Å². The van der Waals surface area contributed by atoms with E-state index in [1.807, 2.05) is 0 Å². The standard InChI is InChI=1S/C17H29NO3/c1-4-8-18-14-16-13-15(2)6-7-17(16)21-10-5-9-20-12-11-19-3/h6-7,13,18H,4-5,8-12,14H2,1-3H3. The van der Waals surface area contributed by atoms with Gasteiger partial charge in [-0.25, -0.2) is 0 Å². The summed E-state index contributed by atoms with van der Waals surface area (Å²) in [4.78, 5) is 0. The quantitative estimate of drug-likeness (QED) is 0.602. The number of aryl methyl sites for hydroxylation is 1. The summed E-state index contributed by atoms with van der Waals surface area (Å²) in [6.45, 7) is 8.84. The van der Waals surface area contributed by atoms with Crippen molar-refractivity contribution in [1.82, 2.24) is 5.32 Å². The predicted molar refractivity (Wildman–Crippen MR) is 86.0 cm³/mol. The molecule has 0 radical (unpaired) electrons. The number of rotatable bonds is 12. The van der Waals surface area contributed by atoms with E-state index in [9.17, 15) is 0 Å². The van der Waals surface area contributed by atoms with E-state index in [0.717, 1.165) is 31.7 Å². The van der Waals surface area contributed by atoms with E-state index in [1.54, 1.807) is 7.11 Å². The molecule has 0 heterocycles. The molecule has 4 nitrogen and oxygen atoms in total. The molecule has 0 atom stereocenters. The Morgan fingerprint density at radius 3 is 2.71 bits per heavy atom. The Hall–Kier alpha value is -1.10. The first-order valence-electron chi connectivity index (χ1n) is 7.77. The number of hydrogen-bond acceptors (Lipinski definition) is 4. The summed E-state index contributed by atoms with van der Waals surface area (Å²) in [6.07, 6.45) is 2.03. The molecule has 120 valence electrons. The van der Waals surface area contributed by atoms with Crippen LogP contribution >= 0.6 is 0 Å².